The van der Waals surface area contributed by atoms with Gasteiger partial charge in [0.05, 0.1) is 29.5 Å². The lowest BCUT2D eigenvalue weighted by Crippen LogP contribution is -2.38. The van der Waals surface area contributed by atoms with Gasteiger partial charge in [0.25, 0.3) is 0 Å². The van der Waals surface area contributed by atoms with Gasteiger partial charge in [-0.2, -0.15) is 5.10 Å². The second-order valence-electron chi connectivity index (χ2n) is 9.93. The number of nitrogens with one attached hydrogen (secondary N) is 2. The average molecular weight is 425 g/mol. The Hall–Kier alpha value is -2.10. The lowest BCUT2D eigenvalue weighted by Gasteiger charge is -2.35. The molecule has 0 aromatic carbocycles. The summed E-state index contributed by atoms with van der Waals surface area (Å²) in [5.74, 6) is 1.53. The van der Waals surface area contributed by atoms with E-state index in [9.17, 15) is 0 Å². The molecule has 2 aliphatic carbocycles. The lowest BCUT2D eigenvalue weighted by atomic mass is 9.79. The van der Waals surface area contributed by atoms with Crippen molar-refractivity contribution in [3.8, 4) is 0 Å². The number of hydrogen-bond acceptors (Lipinski definition) is 8. The SMILES string of the molecule is CC1(OC2CCC3NNC(c4cc(N5CCC(n6cncn6)CC5)ncn4)C3C2)CC1. The van der Waals surface area contributed by atoms with Crippen LogP contribution in [0, 0.1) is 5.92 Å². The van der Waals surface area contributed by atoms with Crippen molar-refractivity contribution in [2.75, 3.05) is 18.0 Å². The molecule has 2 N–H and O–H groups in total. The first-order valence-corrected chi connectivity index (χ1v) is 11.8. The highest BCUT2D eigenvalue weighted by molar-refractivity contribution is 5.40. The largest absolute Gasteiger partial charge is 0.372 e. The van der Waals surface area contributed by atoms with E-state index in [2.05, 4.69) is 48.8 Å². The molecule has 6 rings (SSSR count). The van der Waals surface area contributed by atoms with Crippen molar-refractivity contribution in [3.05, 3.63) is 30.7 Å². The van der Waals surface area contributed by atoms with Gasteiger partial charge in [0.2, 0.25) is 0 Å². The third-order valence-corrected chi connectivity index (χ3v) is 7.70. The highest BCUT2D eigenvalue weighted by atomic mass is 16.5. The van der Waals surface area contributed by atoms with Crippen LogP contribution in [-0.2, 0) is 4.74 Å². The van der Waals surface area contributed by atoms with Gasteiger partial charge in [0.15, 0.2) is 0 Å². The van der Waals surface area contributed by atoms with Crippen LogP contribution in [-0.4, -0.2) is 55.6 Å². The Balaban J connectivity index is 1.13. The molecule has 2 aromatic heterocycles. The van der Waals surface area contributed by atoms with Crippen LogP contribution in [0.25, 0.3) is 0 Å². The Bertz CT molecular complexity index is 893. The second kappa shape index (κ2) is 7.79. The Morgan fingerprint density at radius 3 is 2.71 bits per heavy atom. The molecule has 9 heteroatoms. The molecule has 4 heterocycles. The van der Waals surface area contributed by atoms with Gasteiger partial charge in [-0.15, -0.1) is 0 Å². The maximum absolute atomic E-state index is 6.43. The van der Waals surface area contributed by atoms with Crippen molar-refractivity contribution in [1.82, 2.24) is 35.6 Å². The molecule has 0 amide bonds. The fourth-order valence-electron chi connectivity index (χ4n) is 5.58. The summed E-state index contributed by atoms with van der Waals surface area (Å²) in [6.45, 7) is 4.19. The molecule has 0 radical (unpaired) electrons. The van der Waals surface area contributed by atoms with Crippen molar-refractivity contribution in [2.24, 2.45) is 5.92 Å². The standard InChI is InChI=1S/C22H32N8O/c1-22(6-7-22)31-16-2-3-18-17(10-16)21(28-27-18)19-11-20(25-13-24-19)29-8-4-15(5-9-29)30-14-23-12-26-30/h11-18,21,27-28H,2-10H2,1H3. The molecule has 4 unspecified atom stereocenters. The maximum Gasteiger partial charge on any atom is 0.137 e. The predicted molar refractivity (Wildman–Crippen MR) is 115 cm³/mol. The van der Waals surface area contributed by atoms with Gasteiger partial charge >= 0.3 is 0 Å². The van der Waals surface area contributed by atoms with Crippen LogP contribution >= 0.6 is 0 Å². The molecule has 0 spiro atoms. The van der Waals surface area contributed by atoms with E-state index in [-0.39, 0.29) is 11.6 Å². The summed E-state index contributed by atoms with van der Waals surface area (Å²) in [7, 11) is 0. The van der Waals surface area contributed by atoms with E-state index in [0.717, 1.165) is 56.7 Å². The van der Waals surface area contributed by atoms with Crippen molar-refractivity contribution < 1.29 is 4.74 Å². The topological polar surface area (TPSA) is 93.0 Å². The second-order valence-corrected chi connectivity index (χ2v) is 9.93. The summed E-state index contributed by atoms with van der Waals surface area (Å²) in [5.41, 5.74) is 8.30. The maximum atomic E-state index is 6.43. The zero-order valence-corrected chi connectivity index (χ0v) is 18.2. The van der Waals surface area contributed by atoms with Gasteiger partial charge in [-0.25, -0.2) is 25.1 Å². The molecule has 2 aliphatic heterocycles. The van der Waals surface area contributed by atoms with E-state index in [1.54, 1.807) is 12.7 Å². The van der Waals surface area contributed by atoms with Crippen molar-refractivity contribution in [2.45, 2.75) is 81.7 Å². The molecule has 166 valence electrons. The molecule has 4 fully saturated rings. The molecule has 2 saturated carbocycles. The summed E-state index contributed by atoms with van der Waals surface area (Å²) in [6.07, 6.45) is 13.4. The number of hydrogen-bond donors (Lipinski definition) is 2. The Morgan fingerprint density at radius 1 is 1.06 bits per heavy atom. The smallest absolute Gasteiger partial charge is 0.137 e. The number of aromatic nitrogens is 5. The number of fused-ring (bicyclic) bond motifs is 1. The number of hydrazine groups is 1. The summed E-state index contributed by atoms with van der Waals surface area (Å²) < 4.78 is 8.42. The highest BCUT2D eigenvalue weighted by Gasteiger charge is 2.46. The molecule has 2 aromatic rings. The van der Waals surface area contributed by atoms with E-state index >= 15 is 0 Å². The first-order valence-electron chi connectivity index (χ1n) is 11.8. The first-order chi connectivity index (χ1) is 15.2. The van der Waals surface area contributed by atoms with E-state index in [1.165, 1.54) is 12.8 Å². The fraction of sp³-hybridized carbons (Fsp3) is 0.727. The number of rotatable bonds is 5. The zero-order chi connectivity index (χ0) is 20.8. The van der Waals surface area contributed by atoms with Gasteiger partial charge in [-0.1, -0.05) is 0 Å². The fourth-order valence-corrected chi connectivity index (χ4v) is 5.58. The monoisotopic (exact) mass is 424 g/mol. The van der Waals surface area contributed by atoms with Gasteiger partial charge in [-0.05, 0) is 51.9 Å². The van der Waals surface area contributed by atoms with Gasteiger partial charge in [-0.3, -0.25) is 5.43 Å². The third-order valence-electron chi connectivity index (χ3n) is 7.70. The zero-order valence-electron chi connectivity index (χ0n) is 18.2. The molecular formula is C22H32N8O. The van der Waals surface area contributed by atoms with Crippen LogP contribution in [0.2, 0.25) is 0 Å². The van der Waals surface area contributed by atoms with Crippen LogP contribution in [0.1, 0.15) is 69.6 Å². The molecule has 31 heavy (non-hydrogen) atoms. The van der Waals surface area contributed by atoms with Crippen molar-refractivity contribution in [3.63, 3.8) is 0 Å². The van der Waals surface area contributed by atoms with Gasteiger partial charge in [0, 0.05) is 31.1 Å². The molecular weight excluding hydrogens is 392 g/mol. The van der Waals surface area contributed by atoms with Crippen molar-refractivity contribution in [1.29, 1.82) is 0 Å². The quantitative estimate of drug-likeness (QED) is 0.754. The first kappa shape index (κ1) is 19.6. The molecule has 4 atom stereocenters. The average Bonchev–Trinajstić information content (AvgIpc) is 3.21. The number of ether oxygens (including phenoxy) is 1. The summed E-state index contributed by atoms with van der Waals surface area (Å²) in [5, 5.41) is 4.31. The van der Waals surface area contributed by atoms with Crippen LogP contribution < -0.4 is 15.8 Å². The Kier molecular flexibility index (Phi) is 4.92. The lowest BCUT2D eigenvalue weighted by molar-refractivity contribution is -0.0500. The van der Waals surface area contributed by atoms with Crippen LogP contribution in [0.5, 0.6) is 0 Å². The minimum atomic E-state index is 0.146. The minimum Gasteiger partial charge on any atom is -0.372 e. The van der Waals surface area contributed by atoms with E-state index in [0.29, 0.717) is 24.1 Å². The summed E-state index contributed by atoms with van der Waals surface area (Å²) in [4.78, 5) is 15.7. The predicted octanol–water partition coefficient (Wildman–Crippen LogP) is 2.16. The third kappa shape index (κ3) is 3.94. The summed E-state index contributed by atoms with van der Waals surface area (Å²) >= 11 is 0. The van der Waals surface area contributed by atoms with Gasteiger partial charge < -0.3 is 9.64 Å². The van der Waals surface area contributed by atoms with Crippen LogP contribution in [0.15, 0.2) is 25.0 Å². The minimum absolute atomic E-state index is 0.146. The normalized spacial score (nSPS) is 32.7. The van der Waals surface area contributed by atoms with Crippen LogP contribution in [0.3, 0.4) is 0 Å². The molecule has 9 nitrogen and oxygen atoms in total. The molecule has 4 aliphatic rings. The number of piperidine rings is 1. The van der Waals surface area contributed by atoms with Gasteiger partial charge in [0.1, 0.15) is 24.8 Å². The Morgan fingerprint density at radius 2 is 1.94 bits per heavy atom. The summed E-state index contributed by atoms with van der Waals surface area (Å²) in [6, 6.07) is 3.31. The van der Waals surface area contributed by atoms with E-state index < -0.39 is 0 Å². The Labute approximate surface area is 183 Å². The van der Waals surface area contributed by atoms with Crippen LogP contribution in [0.4, 0.5) is 5.82 Å². The van der Waals surface area contributed by atoms with E-state index in [1.807, 2.05) is 11.0 Å². The highest BCUT2D eigenvalue weighted by Crippen LogP contribution is 2.45. The molecule has 0 bridgehead atoms. The number of anilines is 1. The van der Waals surface area contributed by atoms with E-state index in [4.69, 9.17) is 4.74 Å². The number of nitrogens with zero attached hydrogens (tertiary/aromatic N) is 6. The van der Waals surface area contributed by atoms with Crippen molar-refractivity contribution >= 4 is 5.82 Å². The molecule has 2 saturated heterocycles.